The largest absolute Gasteiger partial charge is 0.271 e. The van der Waals surface area contributed by atoms with Crippen molar-refractivity contribution in [1.82, 2.24) is 5.43 Å². The lowest BCUT2D eigenvalue weighted by Gasteiger charge is -2.16. The van der Waals surface area contributed by atoms with E-state index in [0.717, 1.165) is 12.8 Å². The molecule has 0 heterocycles. The molecule has 0 aromatic heterocycles. The van der Waals surface area contributed by atoms with Crippen LogP contribution in [0.1, 0.15) is 34.7 Å². The van der Waals surface area contributed by atoms with Crippen molar-refractivity contribution >= 4 is 0 Å². The van der Waals surface area contributed by atoms with E-state index in [0.29, 0.717) is 0 Å². The average molecular weight is 254 g/mol. The molecule has 0 aliphatic carbocycles. The minimum absolute atomic E-state index is 0.210. The lowest BCUT2D eigenvalue weighted by Crippen LogP contribution is -2.28. The monoisotopic (exact) mass is 254 g/mol. The van der Waals surface area contributed by atoms with Crippen molar-refractivity contribution in [3.63, 3.8) is 0 Å². The van der Waals surface area contributed by atoms with Crippen LogP contribution in [0.5, 0.6) is 0 Å². The molecule has 19 heavy (non-hydrogen) atoms. The molecule has 2 aromatic carbocycles. The van der Waals surface area contributed by atoms with Crippen LogP contribution in [-0.4, -0.2) is 0 Å². The zero-order valence-electron chi connectivity index (χ0n) is 11.7. The number of hydrogen-bond acceptors (Lipinski definition) is 2. The first-order chi connectivity index (χ1) is 9.19. The van der Waals surface area contributed by atoms with Crippen LogP contribution in [-0.2, 0) is 6.42 Å². The maximum atomic E-state index is 5.68. The van der Waals surface area contributed by atoms with E-state index in [-0.39, 0.29) is 6.04 Å². The Labute approximate surface area is 115 Å². The van der Waals surface area contributed by atoms with Crippen LogP contribution >= 0.6 is 0 Å². The van der Waals surface area contributed by atoms with Crippen LogP contribution in [0.25, 0.3) is 0 Å². The minimum atomic E-state index is 0.210. The summed E-state index contributed by atoms with van der Waals surface area (Å²) in [6.45, 7) is 4.21. The number of hydrazine groups is 1. The Morgan fingerprint density at radius 3 is 1.95 bits per heavy atom. The Kier molecular flexibility index (Phi) is 4.72. The highest BCUT2D eigenvalue weighted by atomic mass is 15.2. The van der Waals surface area contributed by atoms with Crippen molar-refractivity contribution in [2.24, 2.45) is 5.84 Å². The third-order valence-corrected chi connectivity index (χ3v) is 3.52. The first kappa shape index (κ1) is 13.8. The van der Waals surface area contributed by atoms with E-state index in [1.54, 1.807) is 0 Å². The van der Waals surface area contributed by atoms with E-state index in [9.17, 15) is 0 Å². The number of hydrogen-bond donors (Lipinski definition) is 2. The van der Waals surface area contributed by atoms with Gasteiger partial charge in [0.2, 0.25) is 0 Å². The molecule has 2 aromatic rings. The van der Waals surface area contributed by atoms with Gasteiger partial charge in [0.25, 0.3) is 0 Å². The Morgan fingerprint density at radius 2 is 1.42 bits per heavy atom. The molecule has 0 spiro atoms. The van der Waals surface area contributed by atoms with E-state index in [1.165, 1.54) is 22.3 Å². The number of nitrogens with two attached hydrogens (primary N) is 1. The summed E-state index contributed by atoms with van der Waals surface area (Å²) in [5.74, 6) is 5.68. The van der Waals surface area contributed by atoms with Gasteiger partial charge >= 0.3 is 0 Å². The van der Waals surface area contributed by atoms with E-state index in [1.807, 2.05) is 0 Å². The topological polar surface area (TPSA) is 38.0 Å². The maximum absolute atomic E-state index is 5.68. The number of aryl methyl sites for hydroxylation is 3. The standard InChI is InChI=1S/C17H22N2/c1-13-3-7-15(8-4-13)9-12-17(19-18)16-10-5-14(2)6-11-16/h3-8,10-11,17,19H,9,12,18H2,1-2H3. The number of benzene rings is 2. The van der Waals surface area contributed by atoms with Gasteiger partial charge in [-0.25, -0.2) is 0 Å². The fourth-order valence-electron chi connectivity index (χ4n) is 2.21. The van der Waals surface area contributed by atoms with E-state index >= 15 is 0 Å². The second kappa shape index (κ2) is 6.50. The highest BCUT2D eigenvalue weighted by Gasteiger charge is 2.09. The molecule has 0 saturated heterocycles. The molecule has 2 heteroatoms. The second-order valence-electron chi connectivity index (χ2n) is 5.15. The highest BCUT2D eigenvalue weighted by molar-refractivity contribution is 5.25. The molecular formula is C17H22N2. The van der Waals surface area contributed by atoms with E-state index < -0.39 is 0 Å². The fourth-order valence-corrected chi connectivity index (χ4v) is 2.21. The molecule has 100 valence electrons. The average Bonchev–Trinajstić information content (AvgIpc) is 2.43. The van der Waals surface area contributed by atoms with E-state index in [4.69, 9.17) is 5.84 Å². The molecule has 0 aliphatic rings. The molecule has 0 radical (unpaired) electrons. The molecule has 1 atom stereocenters. The zero-order valence-corrected chi connectivity index (χ0v) is 11.7. The Balaban J connectivity index is 1.99. The zero-order chi connectivity index (χ0) is 13.7. The predicted octanol–water partition coefficient (Wildman–Crippen LogP) is 3.44. The van der Waals surface area contributed by atoms with Gasteiger partial charge in [0.15, 0.2) is 0 Å². The molecule has 0 bridgehead atoms. The SMILES string of the molecule is Cc1ccc(CCC(NN)c2ccc(C)cc2)cc1. The smallest absolute Gasteiger partial charge is 0.0463 e. The lowest BCUT2D eigenvalue weighted by molar-refractivity contribution is 0.516. The van der Waals surface area contributed by atoms with Gasteiger partial charge in [-0.3, -0.25) is 11.3 Å². The molecular weight excluding hydrogens is 232 g/mol. The molecule has 3 N–H and O–H groups in total. The fraction of sp³-hybridized carbons (Fsp3) is 0.294. The quantitative estimate of drug-likeness (QED) is 0.633. The van der Waals surface area contributed by atoms with Crippen LogP contribution in [0.4, 0.5) is 0 Å². The third-order valence-electron chi connectivity index (χ3n) is 3.52. The van der Waals surface area contributed by atoms with Crippen molar-refractivity contribution in [2.75, 3.05) is 0 Å². The van der Waals surface area contributed by atoms with E-state index in [2.05, 4.69) is 67.8 Å². The van der Waals surface area contributed by atoms with Crippen molar-refractivity contribution in [3.05, 3.63) is 70.8 Å². The van der Waals surface area contributed by atoms with Crippen molar-refractivity contribution in [3.8, 4) is 0 Å². The molecule has 1 unspecified atom stereocenters. The summed E-state index contributed by atoms with van der Waals surface area (Å²) in [5.41, 5.74) is 8.11. The molecule has 0 aliphatic heterocycles. The summed E-state index contributed by atoms with van der Waals surface area (Å²) < 4.78 is 0. The van der Waals surface area contributed by atoms with Crippen LogP contribution in [0.3, 0.4) is 0 Å². The van der Waals surface area contributed by atoms with Crippen molar-refractivity contribution in [2.45, 2.75) is 32.7 Å². The number of nitrogens with one attached hydrogen (secondary N) is 1. The normalized spacial score (nSPS) is 12.4. The number of rotatable bonds is 5. The Hall–Kier alpha value is -1.64. The van der Waals surface area contributed by atoms with Gasteiger partial charge in [-0.15, -0.1) is 0 Å². The molecule has 2 nitrogen and oxygen atoms in total. The summed E-state index contributed by atoms with van der Waals surface area (Å²) in [4.78, 5) is 0. The minimum Gasteiger partial charge on any atom is -0.271 e. The van der Waals surface area contributed by atoms with Gasteiger partial charge in [0, 0.05) is 6.04 Å². The van der Waals surface area contributed by atoms with Gasteiger partial charge in [0.05, 0.1) is 0 Å². The van der Waals surface area contributed by atoms with Crippen molar-refractivity contribution in [1.29, 1.82) is 0 Å². The Morgan fingerprint density at radius 1 is 0.895 bits per heavy atom. The summed E-state index contributed by atoms with van der Waals surface area (Å²) in [6.07, 6.45) is 2.03. The highest BCUT2D eigenvalue weighted by Crippen LogP contribution is 2.19. The van der Waals surface area contributed by atoms with Gasteiger partial charge in [-0.1, -0.05) is 59.7 Å². The Bertz CT molecular complexity index is 500. The van der Waals surface area contributed by atoms with Crippen LogP contribution in [0, 0.1) is 13.8 Å². The van der Waals surface area contributed by atoms with Gasteiger partial charge in [-0.2, -0.15) is 0 Å². The van der Waals surface area contributed by atoms with Crippen LogP contribution in [0.15, 0.2) is 48.5 Å². The van der Waals surface area contributed by atoms with Crippen LogP contribution in [0.2, 0.25) is 0 Å². The van der Waals surface area contributed by atoms with Crippen molar-refractivity contribution < 1.29 is 0 Å². The molecule has 0 saturated carbocycles. The molecule has 0 amide bonds. The first-order valence-electron chi connectivity index (χ1n) is 6.77. The maximum Gasteiger partial charge on any atom is 0.0463 e. The predicted molar refractivity (Wildman–Crippen MR) is 80.7 cm³/mol. The van der Waals surface area contributed by atoms with Gasteiger partial charge in [0.1, 0.15) is 0 Å². The first-order valence-corrected chi connectivity index (χ1v) is 6.77. The summed E-state index contributed by atoms with van der Waals surface area (Å²) in [6, 6.07) is 17.5. The third kappa shape index (κ3) is 3.91. The van der Waals surface area contributed by atoms with Gasteiger partial charge in [-0.05, 0) is 37.8 Å². The summed E-state index contributed by atoms with van der Waals surface area (Å²) in [7, 11) is 0. The van der Waals surface area contributed by atoms with Gasteiger partial charge < -0.3 is 0 Å². The summed E-state index contributed by atoms with van der Waals surface area (Å²) >= 11 is 0. The molecule has 0 fully saturated rings. The molecule has 2 rings (SSSR count). The lowest BCUT2D eigenvalue weighted by atomic mass is 9.98. The second-order valence-corrected chi connectivity index (χ2v) is 5.15. The summed E-state index contributed by atoms with van der Waals surface area (Å²) in [5, 5.41) is 0. The van der Waals surface area contributed by atoms with Crippen LogP contribution < -0.4 is 11.3 Å².